The standard InChI is InChI=1S/C24H21N5O4/c1-13-17-11-25-10-15(17)12-29(13)20-6-4-18(26-27-20)14-3-5-19-16(9-14)23-24(28(19)2)33-22(31)8-7-21(30)32-23/h3-9,13,25H,10-12H2,1-2H3/b8-7+. The number of nitrogens with zero attached hydrogens (tertiary/aromatic N) is 4. The van der Waals surface area contributed by atoms with Gasteiger partial charge in [-0.2, -0.15) is 0 Å². The van der Waals surface area contributed by atoms with Gasteiger partial charge in [-0.25, -0.2) is 9.59 Å². The summed E-state index contributed by atoms with van der Waals surface area (Å²) in [6.07, 6.45) is 2.10. The number of carbonyl (C=O) groups excluding carboxylic acids is 2. The maximum Gasteiger partial charge on any atom is 0.337 e. The van der Waals surface area contributed by atoms with Gasteiger partial charge in [0.2, 0.25) is 11.6 Å². The molecule has 0 saturated heterocycles. The Morgan fingerprint density at radius 1 is 1.03 bits per heavy atom. The lowest BCUT2D eigenvalue weighted by Gasteiger charge is -2.25. The molecule has 166 valence electrons. The minimum atomic E-state index is -0.634. The van der Waals surface area contributed by atoms with E-state index >= 15 is 0 Å². The minimum Gasteiger partial charge on any atom is -0.417 e. The molecular weight excluding hydrogens is 422 g/mol. The molecule has 0 bridgehead atoms. The minimum absolute atomic E-state index is 0.185. The molecule has 0 spiro atoms. The quantitative estimate of drug-likeness (QED) is 0.475. The third-order valence-corrected chi connectivity index (χ3v) is 6.54. The highest BCUT2D eigenvalue weighted by atomic mass is 16.6. The van der Waals surface area contributed by atoms with Gasteiger partial charge in [0, 0.05) is 49.8 Å². The molecule has 3 aromatic rings. The third kappa shape index (κ3) is 3.12. The number of anilines is 1. The summed E-state index contributed by atoms with van der Waals surface area (Å²) in [5.74, 6) is -0.0245. The molecule has 1 N–H and O–H groups in total. The zero-order valence-electron chi connectivity index (χ0n) is 18.2. The van der Waals surface area contributed by atoms with Crippen molar-refractivity contribution in [2.24, 2.45) is 7.05 Å². The zero-order valence-corrected chi connectivity index (χ0v) is 18.2. The smallest absolute Gasteiger partial charge is 0.337 e. The molecule has 1 atom stereocenters. The number of aromatic nitrogens is 3. The van der Waals surface area contributed by atoms with Crippen LogP contribution >= 0.6 is 0 Å². The summed E-state index contributed by atoms with van der Waals surface area (Å²) in [5, 5.41) is 13.0. The van der Waals surface area contributed by atoms with Gasteiger partial charge in [0.05, 0.1) is 17.3 Å². The number of hydrogen-bond donors (Lipinski definition) is 1. The van der Waals surface area contributed by atoms with Gasteiger partial charge in [-0.1, -0.05) is 6.07 Å². The Bertz CT molecular complexity index is 1390. The Balaban J connectivity index is 1.34. The van der Waals surface area contributed by atoms with Crippen LogP contribution in [0, 0.1) is 0 Å². The van der Waals surface area contributed by atoms with Gasteiger partial charge >= 0.3 is 11.9 Å². The Kier molecular flexibility index (Phi) is 4.34. The molecule has 2 aromatic heterocycles. The molecule has 6 rings (SSSR count). The molecule has 0 aliphatic carbocycles. The molecule has 1 aromatic carbocycles. The summed E-state index contributed by atoms with van der Waals surface area (Å²) in [7, 11) is 1.75. The topological polar surface area (TPSA) is 98.6 Å². The lowest BCUT2D eigenvalue weighted by atomic mass is 10.1. The van der Waals surface area contributed by atoms with E-state index in [0.29, 0.717) is 17.1 Å². The second-order valence-corrected chi connectivity index (χ2v) is 8.41. The zero-order chi connectivity index (χ0) is 22.7. The first-order valence-electron chi connectivity index (χ1n) is 10.8. The van der Waals surface area contributed by atoms with E-state index in [1.54, 1.807) is 11.6 Å². The third-order valence-electron chi connectivity index (χ3n) is 6.54. The molecular formula is C24H21N5O4. The van der Waals surface area contributed by atoms with Crippen molar-refractivity contribution >= 4 is 28.7 Å². The molecule has 0 fully saturated rings. The normalized spacial score (nSPS) is 20.9. The highest BCUT2D eigenvalue weighted by molar-refractivity contribution is 6.00. The molecule has 3 aliphatic heterocycles. The average Bonchev–Trinajstić information content (AvgIpc) is 3.47. The van der Waals surface area contributed by atoms with Crippen LogP contribution in [0.4, 0.5) is 5.82 Å². The highest BCUT2D eigenvalue weighted by Gasteiger charge is 2.32. The summed E-state index contributed by atoms with van der Waals surface area (Å²) in [6.45, 7) is 4.96. The molecule has 1 unspecified atom stereocenters. The second kappa shape index (κ2) is 7.28. The summed E-state index contributed by atoms with van der Waals surface area (Å²) in [5.41, 5.74) is 5.17. The van der Waals surface area contributed by atoms with Gasteiger partial charge < -0.3 is 24.3 Å². The Labute approximate surface area is 189 Å². The van der Waals surface area contributed by atoms with Gasteiger partial charge in [0.1, 0.15) is 0 Å². The number of ether oxygens (including phenoxy) is 2. The summed E-state index contributed by atoms with van der Waals surface area (Å²) in [6, 6.07) is 9.90. The van der Waals surface area contributed by atoms with E-state index < -0.39 is 11.9 Å². The molecule has 9 heteroatoms. The van der Waals surface area contributed by atoms with Crippen molar-refractivity contribution in [3.05, 3.63) is 53.6 Å². The fourth-order valence-corrected chi connectivity index (χ4v) is 4.79. The summed E-state index contributed by atoms with van der Waals surface area (Å²) >= 11 is 0. The lowest BCUT2D eigenvalue weighted by molar-refractivity contribution is -0.133. The fourth-order valence-electron chi connectivity index (χ4n) is 4.79. The number of nitrogens with one attached hydrogen (secondary N) is 1. The largest absolute Gasteiger partial charge is 0.417 e. The van der Waals surface area contributed by atoms with Crippen LogP contribution in [0.25, 0.3) is 22.2 Å². The van der Waals surface area contributed by atoms with Crippen LogP contribution in [0.1, 0.15) is 6.92 Å². The van der Waals surface area contributed by atoms with Crippen LogP contribution in [-0.2, 0) is 16.6 Å². The number of esters is 2. The van der Waals surface area contributed by atoms with Gasteiger partial charge in [-0.05, 0) is 42.3 Å². The van der Waals surface area contributed by atoms with Gasteiger partial charge in [0.25, 0.3) is 0 Å². The number of rotatable bonds is 2. The summed E-state index contributed by atoms with van der Waals surface area (Å²) < 4.78 is 12.5. The maximum absolute atomic E-state index is 12.1. The first-order chi connectivity index (χ1) is 16.0. The Morgan fingerprint density at radius 3 is 2.61 bits per heavy atom. The van der Waals surface area contributed by atoms with E-state index in [0.717, 1.165) is 48.7 Å². The molecule has 0 radical (unpaired) electrons. The van der Waals surface area contributed by atoms with E-state index in [1.807, 2.05) is 30.3 Å². The van der Waals surface area contributed by atoms with Crippen molar-refractivity contribution in [1.82, 2.24) is 20.1 Å². The number of benzene rings is 1. The van der Waals surface area contributed by atoms with E-state index in [-0.39, 0.29) is 11.6 Å². The number of hydrogen-bond acceptors (Lipinski definition) is 8. The van der Waals surface area contributed by atoms with Gasteiger partial charge in [-0.3, -0.25) is 0 Å². The van der Waals surface area contributed by atoms with Crippen molar-refractivity contribution in [2.75, 3.05) is 24.5 Å². The van der Waals surface area contributed by atoms with Gasteiger partial charge in [-0.15, -0.1) is 10.2 Å². The predicted octanol–water partition coefficient (Wildman–Crippen LogP) is 2.12. The van der Waals surface area contributed by atoms with E-state index in [1.165, 1.54) is 11.1 Å². The first-order valence-corrected chi connectivity index (χ1v) is 10.8. The molecule has 3 aliphatic rings. The van der Waals surface area contributed by atoms with Crippen molar-refractivity contribution in [3.63, 3.8) is 0 Å². The van der Waals surface area contributed by atoms with Crippen LogP contribution in [0.5, 0.6) is 11.6 Å². The SMILES string of the molecule is CC1C2=C(CNC2)CN1c1ccc(-c2ccc3c(c2)c2c(n3C)OC(=O)/C=C/C(=O)O2)nn1. The van der Waals surface area contributed by atoms with E-state index in [9.17, 15) is 9.59 Å². The molecule has 9 nitrogen and oxygen atoms in total. The van der Waals surface area contributed by atoms with Crippen LogP contribution in [-0.4, -0.2) is 52.4 Å². The lowest BCUT2D eigenvalue weighted by Crippen LogP contribution is -2.34. The number of carbonyl (C=O) groups is 2. The predicted molar refractivity (Wildman–Crippen MR) is 121 cm³/mol. The summed E-state index contributed by atoms with van der Waals surface area (Å²) in [4.78, 5) is 26.3. The first kappa shape index (κ1) is 19.7. The van der Waals surface area contributed by atoms with Crippen molar-refractivity contribution in [3.8, 4) is 22.9 Å². The van der Waals surface area contributed by atoms with Crippen molar-refractivity contribution in [1.29, 1.82) is 0 Å². The molecule has 0 amide bonds. The Morgan fingerprint density at radius 2 is 1.85 bits per heavy atom. The van der Waals surface area contributed by atoms with Crippen LogP contribution in [0.2, 0.25) is 0 Å². The van der Waals surface area contributed by atoms with Crippen LogP contribution < -0.4 is 19.7 Å². The monoisotopic (exact) mass is 443 g/mol. The highest BCUT2D eigenvalue weighted by Crippen LogP contribution is 2.41. The van der Waals surface area contributed by atoms with Crippen molar-refractivity contribution in [2.45, 2.75) is 13.0 Å². The second-order valence-electron chi connectivity index (χ2n) is 8.41. The number of aryl methyl sites for hydroxylation is 1. The van der Waals surface area contributed by atoms with E-state index in [2.05, 4.69) is 27.3 Å². The van der Waals surface area contributed by atoms with Crippen LogP contribution in [0.15, 0.2) is 53.6 Å². The average molecular weight is 443 g/mol. The van der Waals surface area contributed by atoms with E-state index in [4.69, 9.17) is 9.47 Å². The fraction of sp³-hybridized carbons (Fsp3) is 0.250. The van der Waals surface area contributed by atoms with Gasteiger partial charge in [0.15, 0.2) is 5.82 Å². The van der Waals surface area contributed by atoms with Crippen LogP contribution in [0.3, 0.4) is 0 Å². The molecule has 0 saturated carbocycles. The van der Waals surface area contributed by atoms with Crippen molar-refractivity contribution < 1.29 is 19.1 Å². The maximum atomic E-state index is 12.1. The Hall–Kier alpha value is -3.98. The molecule has 5 heterocycles. The number of fused-ring (bicyclic) bond motifs is 3. The molecule has 33 heavy (non-hydrogen) atoms.